The van der Waals surface area contributed by atoms with E-state index in [0.29, 0.717) is 22.2 Å². The van der Waals surface area contributed by atoms with E-state index in [4.69, 9.17) is 0 Å². The molecule has 0 saturated carbocycles. The Bertz CT molecular complexity index is 1470. The van der Waals surface area contributed by atoms with Gasteiger partial charge in [-0.3, -0.25) is 4.72 Å². The highest BCUT2D eigenvalue weighted by Crippen LogP contribution is 2.26. The molecule has 5 nitrogen and oxygen atoms in total. The third-order valence-electron chi connectivity index (χ3n) is 4.89. The molecule has 0 spiro atoms. The van der Waals surface area contributed by atoms with Crippen molar-refractivity contribution in [3.8, 4) is 11.1 Å². The average molecular weight is 411 g/mol. The minimum atomic E-state index is -3.77. The molecule has 0 unspecified atom stereocenters. The molecule has 5 aromatic rings. The molecule has 1 N–H and O–H groups in total. The molecule has 1 aromatic heterocycles. The summed E-state index contributed by atoms with van der Waals surface area (Å²) in [5.41, 5.74) is 5.01. The van der Waals surface area contributed by atoms with Gasteiger partial charge in [0.25, 0.3) is 10.0 Å². The number of nitrogens with one attached hydrogen (secondary N) is 1. The Morgan fingerprint density at radius 1 is 0.567 bits per heavy atom. The van der Waals surface area contributed by atoms with Crippen LogP contribution in [-0.2, 0) is 10.0 Å². The molecule has 0 radical (unpaired) electrons. The SMILES string of the molecule is O=S(=O)(Nc1cccc2nc3ccccc3nc12)c1ccc(-c2ccccc2)cc1. The number of benzene rings is 4. The summed E-state index contributed by atoms with van der Waals surface area (Å²) >= 11 is 0. The fourth-order valence-electron chi connectivity index (χ4n) is 3.39. The predicted molar refractivity (Wildman–Crippen MR) is 120 cm³/mol. The first-order chi connectivity index (χ1) is 14.6. The highest BCUT2D eigenvalue weighted by atomic mass is 32.2. The summed E-state index contributed by atoms with van der Waals surface area (Å²) in [4.78, 5) is 9.40. The van der Waals surface area contributed by atoms with Crippen molar-refractivity contribution in [2.75, 3.05) is 4.72 Å². The predicted octanol–water partition coefficient (Wildman–Crippen LogP) is 5.25. The first-order valence-electron chi connectivity index (χ1n) is 9.44. The second kappa shape index (κ2) is 7.24. The van der Waals surface area contributed by atoms with Gasteiger partial charge in [0.2, 0.25) is 0 Å². The minimum Gasteiger partial charge on any atom is -0.277 e. The van der Waals surface area contributed by atoms with Crippen LogP contribution in [0.2, 0.25) is 0 Å². The number of anilines is 1. The van der Waals surface area contributed by atoms with Crippen molar-refractivity contribution in [1.82, 2.24) is 9.97 Å². The van der Waals surface area contributed by atoms with E-state index in [9.17, 15) is 8.42 Å². The molecule has 5 rings (SSSR count). The van der Waals surface area contributed by atoms with Gasteiger partial charge in [-0.1, -0.05) is 60.7 Å². The van der Waals surface area contributed by atoms with E-state index < -0.39 is 10.0 Å². The van der Waals surface area contributed by atoms with Crippen LogP contribution >= 0.6 is 0 Å². The topological polar surface area (TPSA) is 72.0 Å². The van der Waals surface area contributed by atoms with Gasteiger partial charge in [0.15, 0.2) is 0 Å². The Labute approximate surface area is 174 Å². The van der Waals surface area contributed by atoms with E-state index >= 15 is 0 Å². The Morgan fingerprint density at radius 2 is 1.17 bits per heavy atom. The molecular weight excluding hydrogens is 394 g/mol. The normalized spacial score (nSPS) is 11.6. The number of hydrogen-bond donors (Lipinski definition) is 1. The van der Waals surface area contributed by atoms with Crippen molar-refractivity contribution in [2.24, 2.45) is 0 Å². The molecule has 0 saturated heterocycles. The molecule has 4 aromatic carbocycles. The van der Waals surface area contributed by atoms with E-state index in [1.54, 1.807) is 36.4 Å². The van der Waals surface area contributed by atoms with Gasteiger partial charge in [-0.05, 0) is 47.5 Å². The van der Waals surface area contributed by atoms with Crippen molar-refractivity contribution < 1.29 is 8.42 Å². The Balaban J connectivity index is 1.51. The first kappa shape index (κ1) is 18.3. The summed E-state index contributed by atoms with van der Waals surface area (Å²) < 4.78 is 28.7. The highest BCUT2D eigenvalue weighted by molar-refractivity contribution is 7.92. The zero-order chi connectivity index (χ0) is 20.6. The van der Waals surface area contributed by atoms with Gasteiger partial charge in [-0.2, -0.15) is 0 Å². The standard InChI is InChI=1S/C24H17N3O2S/c28-30(29,19-15-13-18(14-16-19)17-7-2-1-3-8-17)27-23-12-6-11-22-24(23)26-21-10-5-4-9-20(21)25-22/h1-16,27H. The average Bonchev–Trinajstić information content (AvgIpc) is 2.78. The molecule has 0 fully saturated rings. The molecule has 0 aliphatic carbocycles. The molecule has 6 heteroatoms. The third-order valence-corrected chi connectivity index (χ3v) is 6.27. The summed E-state index contributed by atoms with van der Waals surface area (Å²) in [7, 11) is -3.77. The van der Waals surface area contributed by atoms with Crippen LogP contribution in [-0.4, -0.2) is 18.4 Å². The fraction of sp³-hybridized carbons (Fsp3) is 0. The van der Waals surface area contributed by atoms with E-state index in [1.807, 2.05) is 60.7 Å². The third kappa shape index (κ3) is 3.38. The number of para-hydroxylation sites is 3. The zero-order valence-corrected chi connectivity index (χ0v) is 16.7. The van der Waals surface area contributed by atoms with Crippen LogP contribution < -0.4 is 4.72 Å². The lowest BCUT2D eigenvalue weighted by Crippen LogP contribution is -2.13. The molecule has 30 heavy (non-hydrogen) atoms. The van der Waals surface area contributed by atoms with Gasteiger partial charge < -0.3 is 0 Å². The second-order valence-electron chi connectivity index (χ2n) is 6.88. The van der Waals surface area contributed by atoms with Gasteiger partial charge in [0.1, 0.15) is 5.52 Å². The van der Waals surface area contributed by atoms with Crippen LogP contribution in [0.4, 0.5) is 5.69 Å². The Morgan fingerprint density at radius 3 is 1.90 bits per heavy atom. The summed E-state index contributed by atoms with van der Waals surface area (Å²) in [6, 6.07) is 29.4. The maximum atomic E-state index is 13.0. The van der Waals surface area contributed by atoms with Crippen LogP contribution in [0.15, 0.2) is 102 Å². The molecular formula is C24H17N3O2S. The van der Waals surface area contributed by atoms with Gasteiger partial charge in [0.05, 0.1) is 27.1 Å². The largest absolute Gasteiger partial charge is 0.277 e. The number of nitrogens with zero attached hydrogens (tertiary/aromatic N) is 2. The van der Waals surface area contributed by atoms with E-state index in [2.05, 4.69) is 14.7 Å². The molecule has 0 amide bonds. The smallest absolute Gasteiger partial charge is 0.261 e. The van der Waals surface area contributed by atoms with E-state index in [-0.39, 0.29) is 4.90 Å². The first-order valence-corrected chi connectivity index (χ1v) is 10.9. The van der Waals surface area contributed by atoms with Crippen LogP contribution in [0.5, 0.6) is 0 Å². The van der Waals surface area contributed by atoms with Crippen molar-refractivity contribution in [3.05, 3.63) is 97.1 Å². The van der Waals surface area contributed by atoms with Crippen LogP contribution in [0.25, 0.3) is 33.2 Å². The van der Waals surface area contributed by atoms with E-state index in [0.717, 1.165) is 16.6 Å². The minimum absolute atomic E-state index is 0.188. The second-order valence-corrected chi connectivity index (χ2v) is 8.56. The lowest BCUT2D eigenvalue weighted by atomic mass is 10.1. The summed E-state index contributed by atoms with van der Waals surface area (Å²) in [6.45, 7) is 0. The number of aromatic nitrogens is 2. The lowest BCUT2D eigenvalue weighted by molar-refractivity contribution is 0.601. The van der Waals surface area contributed by atoms with Gasteiger partial charge in [0, 0.05) is 0 Å². The van der Waals surface area contributed by atoms with Crippen molar-refractivity contribution in [1.29, 1.82) is 0 Å². The van der Waals surface area contributed by atoms with Crippen LogP contribution in [0.3, 0.4) is 0 Å². The fourth-order valence-corrected chi connectivity index (χ4v) is 4.45. The maximum Gasteiger partial charge on any atom is 0.261 e. The van der Waals surface area contributed by atoms with Crippen molar-refractivity contribution in [3.63, 3.8) is 0 Å². The van der Waals surface area contributed by atoms with Crippen molar-refractivity contribution in [2.45, 2.75) is 4.90 Å². The van der Waals surface area contributed by atoms with Gasteiger partial charge in [-0.15, -0.1) is 0 Å². The lowest BCUT2D eigenvalue weighted by Gasteiger charge is -2.11. The summed E-state index contributed by atoms with van der Waals surface area (Å²) in [5, 5.41) is 0. The number of fused-ring (bicyclic) bond motifs is 2. The molecule has 0 aliphatic heterocycles. The van der Waals surface area contributed by atoms with Gasteiger partial charge >= 0.3 is 0 Å². The van der Waals surface area contributed by atoms with Crippen LogP contribution in [0, 0.1) is 0 Å². The van der Waals surface area contributed by atoms with E-state index in [1.165, 1.54) is 0 Å². The zero-order valence-electron chi connectivity index (χ0n) is 15.9. The molecule has 146 valence electrons. The monoisotopic (exact) mass is 411 g/mol. The van der Waals surface area contributed by atoms with Gasteiger partial charge in [-0.25, -0.2) is 18.4 Å². The quantitative estimate of drug-likeness (QED) is 0.410. The molecule has 0 bridgehead atoms. The highest BCUT2D eigenvalue weighted by Gasteiger charge is 2.17. The molecule has 1 heterocycles. The van der Waals surface area contributed by atoms with Crippen LogP contribution in [0.1, 0.15) is 0 Å². The molecule has 0 aliphatic rings. The summed E-state index contributed by atoms with van der Waals surface area (Å²) in [5.74, 6) is 0. The number of hydrogen-bond acceptors (Lipinski definition) is 4. The Hall–Kier alpha value is -3.77. The molecule has 0 atom stereocenters. The summed E-state index contributed by atoms with van der Waals surface area (Å²) in [6.07, 6.45) is 0. The van der Waals surface area contributed by atoms with Crippen molar-refractivity contribution >= 4 is 37.8 Å². The maximum absolute atomic E-state index is 13.0. The Kier molecular flexibility index (Phi) is 4.41. The number of sulfonamides is 1. The number of rotatable bonds is 4.